The number of rotatable bonds is 5. The van der Waals surface area contributed by atoms with Crippen LogP contribution in [0.2, 0.25) is 0 Å². The number of anilines is 1. The van der Waals surface area contributed by atoms with E-state index in [0.29, 0.717) is 12.1 Å². The van der Waals surface area contributed by atoms with Gasteiger partial charge in [0.25, 0.3) is 5.91 Å². The third-order valence-corrected chi connectivity index (χ3v) is 5.98. The number of aromatic nitrogens is 1. The molecule has 1 amide bonds. The minimum Gasteiger partial charge on any atom is -0.496 e. The summed E-state index contributed by atoms with van der Waals surface area (Å²) in [5.74, 6) is 0.692. The summed E-state index contributed by atoms with van der Waals surface area (Å²) >= 11 is 1.67. The number of thiazole rings is 1. The second-order valence-corrected chi connectivity index (χ2v) is 7.73. The Morgan fingerprint density at radius 1 is 1.19 bits per heavy atom. The lowest BCUT2D eigenvalue weighted by Crippen LogP contribution is -2.29. The number of nitrogens with one attached hydrogen (secondary N) is 1. The second kappa shape index (κ2) is 7.96. The van der Waals surface area contributed by atoms with E-state index in [-0.39, 0.29) is 5.91 Å². The fourth-order valence-electron chi connectivity index (χ4n) is 3.40. The van der Waals surface area contributed by atoms with Crippen LogP contribution in [0.1, 0.15) is 35.2 Å². The lowest BCUT2D eigenvalue weighted by molar-refractivity contribution is 0.0951. The Kier molecular flexibility index (Phi) is 5.25. The fraction of sp³-hybridized carbons (Fsp3) is 0.333. The number of ether oxygens (including phenoxy) is 1. The van der Waals surface area contributed by atoms with Gasteiger partial charge in [-0.3, -0.25) is 4.79 Å². The van der Waals surface area contributed by atoms with Crippen molar-refractivity contribution in [2.75, 3.05) is 25.1 Å². The Morgan fingerprint density at radius 2 is 2.00 bits per heavy atom. The van der Waals surface area contributed by atoms with Crippen molar-refractivity contribution in [1.82, 2.24) is 10.3 Å². The number of piperidine rings is 1. The van der Waals surface area contributed by atoms with Gasteiger partial charge in [0.2, 0.25) is 0 Å². The zero-order valence-corrected chi connectivity index (χ0v) is 16.2. The standard InChI is InChI=1S/C21H23N3O2S/c1-26-18-8-4-3-7-16(18)14-22-20(25)15-9-10-17-19(13-15)27-21(23-17)24-11-5-2-6-12-24/h3-4,7-10,13H,2,5-6,11-12,14H2,1H3,(H,22,25). The van der Waals surface area contributed by atoms with Crippen molar-refractivity contribution < 1.29 is 9.53 Å². The van der Waals surface area contributed by atoms with Gasteiger partial charge in [-0.05, 0) is 43.5 Å². The zero-order chi connectivity index (χ0) is 18.6. The van der Waals surface area contributed by atoms with Crippen LogP contribution in [0.4, 0.5) is 5.13 Å². The smallest absolute Gasteiger partial charge is 0.251 e. The van der Waals surface area contributed by atoms with E-state index in [9.17, 15) is 4.79 Å². The van der Waals surface area contributed by atoms with E-state index in [0.717, 1.165) is 39.8 Å². The van der Waals surface area contributed by atoms with Crippen LogP contribution in [0.25, 0.3) is 10.2 Å². The first-order valence-corrected chi connectivity index (χ1v) is 10.1. The highest BCUT2D eigenvalue weighted by Gasteiger charge is 2.16. The molecule has 27 heavy (non-hydrogen) atoms. The topological polar surface area (TPSA) is 54.5 Å². The number of hydrogen-bond donors (Lipinski definition) is 1. The molecule has 5 nitrogen and oxygen atoms in total. The highest BCUT2D eigenvalue weighted by molar-refractivity contribution is 7.22. The molecule has 2 heterocycles. The molecule has 1 N–H and O–H groups in total. The van der Waals surface area contributed by atoms with Crippen LogP contribution in [0.5, 0.6) is 5.75 Å². The summed E-state index contributed by atoms with van der Waals surface area (Å²) in [6.45, 7) is 2.58. The molecule has 0 aliphatic carbocycles. The third kappa shape index (κ3) is 3.90. The van der Waals surface area contributed by atoms with Crippen molar-refractivity contribution in [3.63, 3.8) is 0 Å². The number of amides is 1. The van der Waals surface area contributed by atoms with Gasteiger partial charge in [0.1, 0.15) is 5.75 Å². The molecular weight excluding hydrogens is 358 g/mol. The molecule has 140 valence electrons. The molecule has 0 atom stereocenters. The summed E-state index contributed by atoms with van der Waals surface area (Å²) in [6.07, 6.45) is 3.76. The average molecular weight is 382 g/mol. The largest absolute Gasteiger partial charge is 0.496 e. The number of nitrogens with zero attached hydrogens (tertiary/aromatic N) is 2. The van der Waals surface area contributed by atoms with Crippen LogP contribution >= 0.6 is 11.3 Å². The first kappa shape index (κ1) is 17.8. The molecule has 0 bridgehead atoms. The molecule has 4 rings (SSSR count). The average Bonchev–Trinajstić information content (AvgIpc) is 3.16. The minimum absolute atomic E-state index is 0.0873. The number of carbonyl (C=O) groups is 1. The van der Waals surface area contributed by atoms with E-state index >= 15 is 0 Å². The van der Waals surface area contributed by atoms with Gasteiger partial charge in [0.05, 0.1) is 17.3 Å². The van der Waals surface area contributed by atoms with Gasteiger partial charge in [-0.2, -0.15) is 0 Å². The van der Waals surface area contributed by atoms with E-state index in [1.807, 2.05) is 42.5 Å². The van der Waals surface area contributed by atoms with Gasteiger partial charge < -0.3 is 15.0 Å². The van der Waals surface area contributed by atoms with Crippen LogP contribution < -0.4 is 15.0 Å². The zero-order valence-electron chi connectivity index (χ0n) is 15.4. The number of hydrogen-bond acceptors (Lipinski definition) is 5. The summed E-state index contributed by atoms with van der Waals surface area (Å²) in [5, 5.41) is 4.05. The van der Waals surface area contributed by atoms with Crippen molar-refractivity contribution >= 4 is 32.6 Å². The summed E-state index contributed by atoms with van der Waals surface area (Å²) in [6, 6.07) is 13.4. The molecule has 1 aliphatic heterocycles. The summed E-state index contributed by atoms with van der Waals surface area (Å²) in [4.78, 5) is 19.7. The normalized spacial score (nSPS) is 14.3. The molecular formula is C21H23N3O2S. The lowest BCUT2D eigenvalue weighted by atomic mass is 10.1. The van der Waals surface area contributed by atoms with E-state index in [4.69, 9.17) is 9.72 Å². The van der Waals surface area contributed by atoms with Crippen molar-refractivity contribution in [2.24, 2.45) is 0 Å². The molecule has 1 aromatic heterocycles. The van der Waals surface area contributed by atoms with Crippen LogP contribution in [0.3, 0.4) is 0 Å². The Hall–Kier alpha value is -2.60. The maximum absolute atomic E-state index is 12.6. The van der Waals surface area contributed by atoms with Crippen molar-refractivity contribution in [2.45, 2.75) is 25.8 Å². The van der Waals surface area contributed by atoms with Crippen molar-refractivity contribution in [3.8, 4) is 5.75 Å². The first-order valence-electron chi connectivity index (χ1n) is 9.30. The SMILES string of the molecule is COc1ccccc1CNC(=O)c1ccc2nc(N3CCCCC3)sc2c1. The highest BCUT2D eigenvalue weighted by Crippen LogP contribution is 2.31. The number of fused-ring (bicyclic) bond motifs is 1. The highest BCUT2D eigenvalue weighted by atomic mass is 32.1. The molecule has 1 aliphatic rings. The van der Waals surface area contributed by atoms with E-state index in [1.165, 1.54) is 19.3 Å². The van der Waals surface area contributed by atoms with Crippen LogP contribution in [-0.4, -0.2) is 31.1 Å². The van der Waals surface area contributed by atoms with Gasteiger partial charge in [-0.25, -0.2) is 4.98 Å². The van der Waals surface area contributed by atoms with Crippen LogP contribution in [0, 0.1) is 0 Å². The van der Waals surface area contributed by atoms with E-state index < -0.39 is 0 Å². The fourth-order valence-corrected chi connectivity index (χ4v) is 4.46. The first-order chi connectivity index (χ1) is 13.2. The van der Waals surface area contributed by atoms with Crippen LogP contribution in [-0.2, 0) is 6.54 Å². The molecule has 0 radical (unpaired) electrons. The number of para-hydroxylation sites is 1. The summed E-state index contributed by atoms with van der Waals surface area (Å²) in [5.41, 5.74) is 2.58. The molecule has 0 saturated carbocycles. The summed E-state index contributed by atoms with van der Waals surface area (Å²) in [7, 11) is 1.64. The monoisotopic (exact) mass is 381 g/mol. The second-order valence-electron chi connectivity index (χ2n) is 6.72. The Bertz CT molecular complexity index is 948. The Balaban J connectivity index is 1.48. The molecule has 0 unspecified atom stereocenters. The van der Waals surface area contributed by atoms with Crippen molar-refractivity contribution in [1.29, 1.82) is 0 Å². The van der Waals surface area contributed by atoms with Gasteiger partial charge in [-0.15, -0.1) is 0 Å². The molecule has 1 fully saturated rings. The van der Waals surface area contributed by atoms with Crippen LogP contribution in [0.15, 0.2) is 42.5 Å². The summed E-state index contributed by atoms with van der Waals surface area (Å²) < 4.78 is 6.39. The molecule has 0 spiro atoms. The number of carbonyl (C=O) groups excluding carboxylic acids is 1. The van der Waals surface area contributed by atoms with Gasteiger partial charge in [0.15, 0.2) is 5.13 Å². The van der Waals surface area contributed by atoms with Crippen molar-refractivity contribution in [3.05, 3.63) is 53.6 Å². The molecule has 2 aromatic carbocycles. The van der Waals surface area contributed by atoms with E-state index in [1.54, 1.807) is 18.4 Å². The maximum Gasteiger partial charge on any atom is 0.251 e. The Labute approximate surface area is 163 Å². The predicted molar refractivity (Wildman–Crippen MR) is 110 cm³/mol. The Morgan fingerprint density at radius 3 is 2.81 bits per heavy atom. The lowest BCUT2D eigenvalue weighted by Gasteiger charge is -2.25. The molecule has 3 aromatic rings. The molecule has 1 saturated heterocycles. The van der Waals surface area contributed by atoms with Gasteiger partial charge in [-0.1, -0.05) is 29.5 Å². The minimum atomic E-state index is -0.0873. The van der Waals surface area contributed by atoms with Gasteiger partial charge in [0, 0.05) is 30.8 Å². The maximum atomic E-state index is 12.6. The number of benzene rings is 2. The van der Waals surface area contributed by atoms with Gasteiger partial charge >= 0.3 is 0 Å². The predicted octanol–water partition coefficient (Wildman–Crippen LogP) is 4.23. The quantitative estimate of drug-likeness (QED) is 0.719. The number of methoxy groups -OCH3 is 1. The van der Waals surface area contributed by atoms with E-state index in [2.05, 4.69) is 10.2 Å². The molecule has 6 heteroatoms. The third-order valence-electron chi connectivity index (χ3n) is 4.90.